The van der Waals surface area contributed by atoms with Gasteiger partial charge < -0.3 is 9.97 Å². The van der Waals surface area contributed by atoms with E-state index in [2.05, 4.69) is 58.3 Å². The van der Waals surface area contributed by atoms with E-state index in [1.807, 2.05) is 12.4 Å². The second-order valence-corrected chi connectivity index (χ2v) is 5.83. The average molecular weight is 289 g/mol. The van der Waals surface area contributed by atoms with Crippen LogP contribution in [0.15, 0.2) is 48.8 Å². The fourth-order valence-electron chi connectivity index (χ4n) is 2.98. The molecule has 0 aliphatic heterocycles. The Balaban J connectivity index is 1.55. The number of nitrogens with zero attached hydrogens (tertiary/aromatic N) is 1. The van der Waals surface area contributed by atoms with Crippen LogP contribution in [-0.4, -0.2) is 15.0 Å². The molecule has 0 saturated heterocycles. The minimum Gasteiger partial charge on any atom is -0.361 e. The molecule has 3 nitrogen and oxygen atoms in total. The van der Waals surface area contributed by atoms with Crippen molar-refractivity contribution in [2.24, 2.45) is 0 Å². The lowest BCUT2D eigenvalue weighted by molar-refractivity contribution is 0.930. The van der Waals surface area contributed by atoms with Crippen molar-refractivity contribution in [3.63, 3.8) is 0 Å². The van der Waals surface area contributed by atoms with E-state index in [0.717, 1.165) is 24.9 Å². The van der Waals surface area contributed by atoms with Crippen LogP contribution < -0.4 is 0 Å². The molecule has 0 spiro atoms. The molecule has 0 amide bonds. The Labute approximate surface area is 129 Å². The third kappa shape index (κ3) is 2.39. The number of pyridine rings is 1. The van der Waals surface area contributed by atoms with Gasteiger partial charge in [0, 0.05) is 29.0 Å². The molecular weight excluding hydrogens is 270 g/mol. The maximum atomic E-state index is 4.50. The molecule has 22 heavy (non-hydrogen) atoms. The van der Waals surface area contributed by atoms with E-state index in [1.165, 1.54) is 33.1 Å². The van der Waals surface area contributed by atoms with Crippen molar-refractivity contribution < 1.29 is 0 Å². The smallest absolute Gasteiger partial charge is 0.137 e. The molecule has 3 heteroatoms. The highest BCUT2D eigenvalue weighted by Crippen LogP contribution is 2.18. The van der Waals surface area contributed by atoms with Crippen molar-refractivity contribution in [1.82, 2.24) is 15.0 Å². The van der Waals surface area contributed by atoms with E-state index < -0.39 is 0 Å². The summed E-state index contributed by atoms with van der Waals surface area (Å²) in [5.41, 5.74) is 6.10. The predicted octanol–water partition coefficient (Wildman–Crippen LogP) is 4.39. The fraction of sp³-hybridized carbons (Fsp3) is 0.211. The second kappa shape index (κ2) is 5.34. The van der Waals surface area contributed by atoms with Gasteiger partial charge in [-0.2, -0.15) is 0 Å². The number of benzene rings is 1. The number of hydrogen-bond donors (Lipinski definition) is 2. The van der Waals surface area contributed by atoms with Gasteiger partial charge in [-0.05, 0) is 66.1 Å². The van der Waals surface area contributed by atoms with Gasteiger partial charge in [-0.25, -0.2) is 4.98 Å². The minimum atomic E-state index is 0.994. The SMILES string of the molecule is CCc1cnc2[nH]c(CCc3ccc4[nH]ccc4c3)cc2c1. The first-order valence-electron chi connectivity index (χ1n) is 7.84. The molecule has 1 aromatic carbocycles. The summed E-state index contributed by atoms with van der Waals surface area (Å²) in [5.74, 6) is 0. The van der Waals surface area contributed by atoms with Crippen LogP contribution in [0.4, 0.5) is 0 Å². The molecule has 110 valence electrons. The lowest BCUT2D eigenvalue weighted by Gasteiger charge is -2.00. The van der Waals surface area contributed by atoms with E-state index in [0.29, 0.717) is 0 Å². The van der Waals surface area contributed by atoms with Gasteiger partial charge >= 0.3 is 0 Å². The number of rotatable bonds is 4. The maximum Gasteiger partial charge on any atom is 0.137 e. The van der Waals surface area contributed by atoms with E-state index in [9.17, 15) is 0 Å². The second-order valence-electron chi connectivity index (χ2n) is 5.83. The van der Waals surface area contributed by atoms with Crippen molar-refractivity contribution in [3.05, 3.63) is 65.6 Å². The Morgan fingerprint density at radius 3 is 2.77 bits per heavy atom. The Kier molecular flexibility index (Phi) is 3.19. The maximum absolute atomic E-state index is 4.50. The molecule has 2 N–H and O–H groups in total. The number of aromatic nitrogens is 3. The molecule has 4 rings (SSSR count). The first kappa shape index (κ1) is 13.1. The van der Waals surface area contributed by atoms with Crippen LogP contribution >= 0.6 is 0 Å². The van der Waals surface area contributed by atoms with E-state index in [4.69, 9.17) is 0 Å². The molecule has 0 unspecified atom stereocenters. The molecule has 0 fully saturated rings. The van der Waals surface area contributed by atoms with Gasteiger partial charge in [-0.3, -0.25) is 0 Å². The minimum absolute atomic E-state index is 0.994. The molecule has 0 bridgehead atoms. The summed E-state index contributed by atoms with van der Waals surface area (Å²) in [5, 5.41) is 2.50. The molecule has 0 aliphatic carbocycles. The molecule has 4 aromatic rings. The number of hydrogen-bond acceptors (Lipinski definition) is 1. The highest BCUT2D eigenvalue weighted by molar-refractivity contribution is 5.80. The predicted molar refractivity (Wildman–Crippen MR) is 91.2 cm³/mol. The Morgan fingerprint density at radius 1 is 0.955 bits per heavy atom. The zero-order valence-electron chi connectivity index (χ0n) is 12.7. The summed E-state index contributed by atoms with van der Waals surface area (Å²) in [6.45, 7) is 2.16. The Hall–Kier alpha value is -2.55. The zero-order valence-corrected chi connectivity index (χ0v) is 12.7. The monoisotopic (exact) mass is 289 g/mol. The summed E-state index contributed by atoms with van der Waals surface area (Å²) in [6, 6.07) is 13.2. The van der Waals surface area contributed by atoms with Crippen LogP contribution in [0.1, 0.15) is 23.7 Å². The van der Waals surface area contributed by atoms with Crippen LogP contribution in [0, 0.1) is 0 Å². The zero-order chi connectivity index (χ0) is 14.9. The van der Waals surface area contributed by atoms with Crippen LogP contribution in [0.3, 0.4) is 0 Å². The normalized spacial score (nSPS) is 11.5. The first-order valence-corrected chi connectivity index (χ1v) is 7.84. The van der Waals surface area contributed by atoms with Crippen molar-refractivity contribution in [1.29, 1.82) is 0 Å². The highest BCUT2D eigenvalue weighted by Gasteiger charge is 2.04. The highest BCUT2D eigenvalue weighted by atomic mass is 14.9. The van der Waals surface area contributed by atoms with Gasteiger partial charge in [-0.1, -0.05) is 13.0 Å². The standard InChI is InChI=1S/C19H19N3/c1-2-13-9-16-11-17(22-19(16)21-12-13)5-3-14-4-6-18-15(10-14)7-8-20-18/h4,6-12,20H,2-3,5H2,1H3,(H,21,22). The molecule has 0 aliphatic rings. The van der Waals surface area contributed by atoms with E-state index in [1.54, 1.807) is 0 Å². The quantitative estimate of drug-likeness (QED) is 0.575. The largest absolute Gasteiger partial charge is 0.361 e. The summed E-state index contributed by atoms with van der Waals surface area (Å²) in [6.07, 6.45) is 7.02. The van der Waals surface area contributed by atoms with E-state index >= 15 is 0 Å². The van der Waals surface area contributed by atoms with Gasteiger partial charge in [-0.15, -0.1) is 0 Å². The molecule has 0 radical (unpaired) electrons. The van der Waals surface area contributed by atoms with Gasteiger partial charge in [0.2, 0.25) is 0 Å². The number of nitrogens with one attached hydrogen (secondary N) is 2. The van der Waals surface area contributed by atoms with Crippen LogP contribution in [-0.2, 0) is 19.3 Å². The van der Waals surface area contributed by atoms with Crippen molar-refractivity contribution in [2.75, 3.05) is 0 Å². The van der Waals surface area contributed by atoms with E-state index in [-0.39, 0.29) is 0 Å². The third-order valence-electron chi connectivity index (χ3n) is 4.29. The molecule has 3 aromatic heterocycles. The third-order valence-corrected chi connectivity index (χ3v) is 4.29. The number of aryl methyl sites for hydroxylation is 3. The van der Waals surface area contributed by atoms with Crippen LogP contribution in [0.25, 0.3) is 21.9 Å². The lowest BCUT2D eigenvalue weighted by Crippen LogP contribution is -1.91. The van der Waals surface area contributed by atoms with Crippen LogP contribution in [0.2, 0.25) is 0 Å². The van der Waals surface area contributed by atoms with Crippen molar-refractivity contribution in [3.8, 4) is 0 Å². The lowest BCUT2D eigenvalue weighted by atomic mass is 10.1. The first-order chi connectivity index (χ1) is 10.8. The number of fused-ring (bicyclic) bond motifs is 2. The Bertz CT molecular complexity index is 930. The summed E-state index contributed by atoms with van der Waals surface area (Å²) in [4.78, 5) is 11.2. The molecular formula is C19H19N3. The fourth-order valence-corrected chi connectivity index (χ4v) is 2.98. The number of H-pyrrole nitrogens is 2. The van der Waals surface area contributed by atoms with Gasteiger partial charge in [0.05, 0.1) is 0 Å². The van der Waals surface area contributed by atoms with Crippen molar-refractivity contribution in [2.45, 2.75) is 26.2 Å². The van der Waals surface area contributed by atoms with Gasteiger partial charge in [0.15, 0.2) is 0 Å². The summed E-state index contributed by atoms with van der Waals surface area (Å²) < 4.78 is 0. The Morgan fingerprint density at radius 2 is 1.86 bits per heavy atom. The number of aromatic amines is 2. The van der Waals surface area contributed by atoms with Crippen molar-refractivity contribution >= 4 is 21.9 Å². The molecule has 0 saturated carbocycles. The van der Waals surface area contributed by atoms with Gasteiger partial charge in [0.25, 0.3) is 0 Å². The average Bonchev–Trinajstić information content (AvgIpc) is 3.17. The molecule has 3 heterocycles. The summed E-state index contributed by atoms with van der Waals surface area (Å²) >= 11 is 0. The van der Waals surface area contributed by atoms with Gasteiger partial charge in [0.1, 0.15) is 5.65 Å². The topological polar surface area (TPSA) is 44.5 Å². The molecule has 0 atom stereocenters. The summed E-state index contributed by atoms with van der Waals surface area (Å²) in [7, 11) is 0. The van der Waals surface area contributed by atoms with Crippen LogP contribution in [0.5, 0.6) is 0 Å².